The van der Waals surface area contributed by atoms with Crippen LogP contribution in [0.5, 0.6) is 11.5 Å². The maximum atomic E-state index is 13.5. The Hall–Kier alpha value is -5.07. The van der Waals surface area contributed by atoms with Gasteiger partial charge in [-0.25, -0.2) is 0 Å². The topological polar surface area (TPSA) is 124 Å². The van der Waals surface area contributed by atoms with E-state index in [1.54, 1.807) is 49.2 Å². The predicted octanol–water partition coefficient (Wildman–Crippen LogP) is 4.91. The van der Waals surface area contributed by atoms with Crippen molar-refractivity contribution in [1.82, 2.24) is 19.4 Å². The number of methoxy groups -OCH3 is 2. The number of amides is 2. The zero-order valence-corrected chi connectivity index (χ0v) is 30.9. The number of rotatable bonds is 9. The number of nitrogens with zero attached hydrogens (tertiary/aromatic N) is 5. The van der Waals surface area contributed by atoms with Crippen LogP contribution in [0.1, 0.15) is 60.0 Å². The van der Waals surface area contributed by atoms with E-state index in [2.05, 4.69) is 9.88 Å². The summed E-state index contributed by atoms with van der Waals surface area (Å²) in [6.07, 6.45) is 9.03. The van der Waals surface area contributed by atoms with Crippen molar-refractivity contribution >= 4 is 34.1 Å². The van der Waals surface area contributed by atoms with Crippen LogP contribution in [0.3, 0.4) is 0 Å². The summed E-state index contributed by atoms with van der Waals surface area (Å²) in [5.74, 6) is 1.17. The number of pyridine rings is 2. The molecule has 3 saturated heterocycles. The van der Waals surface area contributed by atoms with Gasteiger partial charge in [-0.1, -0.05) is 6.07 Å². The molecule has 2 aromatic heterocycles. The number of Topliss-reactive ketones (excluding diaryl/α,β-unsaturated/α-hetero) is 1. The minimum atomic E-state index is -0.210. The number of hydrogen-bond acceptors (Lipinski definition) is 9. The van der Waals surface area contributed by atoms with Crippen LogP contribution in [0.15, 0.2) is 59.8 Å². The fourth-order valence-electron chi connectivity index (χ4n) is 7.92. The van der Waals surface area contributed by atoms with E-state index < -0.39 is 0 Å². The van der Waals surface area contributed by atoms with Crippen LogP contribution >= 0.6 is 0 Å². The molecular weight excluding hydrogens is 674 g/mol. The average molecular weight is 722 g/mol. The summed E-state index contributed by atoms with van der Waals surface area (Å²) < 4.78 is 20.0. The quantitative estimate of drug-likeness (QED) is 0.222. The molecule has 3 aliphatic heterocycles. The van der Waals surface area contributed by atoms with Crippen LogP contribution in [-0.2, 0) is 27.9 Å². The van der Waals surface area contributed by atoms with Crippen molar-refractivity contribution in [3.8, 4) is 22.6 Å². The molecule has 0 spiro atoms. The van der Waals surface area contributed by atoms with E-state index in [9.17, 15) is 19.2 Å². The van der Waals surface area contributed by atoms with Crippen molar-refractivity contribution in [2.75, 3.05) is 51.8 Å². The largest absolute Gasteiger partial charge is 0.496 e. The van der Waals surface area contributed by atoms with Gasteiger partial charge in [0.2, 0.25) is 5.91 Å². The van der Waals surface area contributed by atoms with E-state index in [0.29, 0.717) is 49.2 Å². The summed E-state index contributed by atoms with van der Waals surface area (Å²) in [5, 5.41) is 1.38. The lowest BCUT2D eigenvalue weighted by atomic mass is 9.98. The number of ketones is 1. The van der Waals surface area contributed by atoms with Crippen molar-refractivity contribution in [2.24, 2.45) is 7.05 Å². The molecule has 3 aliphatic rings. The molecule has 0 unspecified atom stereocenters. The highest BCUT2D eigenvalue weighted by atomic mass is 16.5. The zero-order chi connectivity index (χ0) is 37.2. The van der Waals surface area contributed by atoms with E-state index in [1.807, 2.05) is 48.4 Å². The Morgan fingerprint density at radius 2 is 1.55 bits per heavy atom. The number of piperidine rings is 3. The molecule has 12 nitrogen and oxygen atoms in total. The molecule has 53 heavy (non-hydrogen) atoms. The molecule has 0 N–H and O–H groups in total. The van der Waals surface area contributed by atoms with Crippen LogP contribution < -0.4 is 19.9 Å². The van der Waals surface area contributed by atoms with Crippen LogP contribution in [0.2, 0.25) is 0 Å². The van der Waals surface area contributed by atoms with Crippen molar-refractivity contribution in [2.45, 2.75) is 64.2 Å². The van der Waals surface area contributed by atoms with Crippen molar-refractivity contribution in [3.63, 3.8) is 0 Å². The van der Waals surface area contributed by atoms with Gasteiger partial charge in [-0.15, -0.1) is 0 Å². The standard InChI is InChI=1S/C41H47N5O7/c1-26-5-6-27(19-36(26)46-18-8-29(47)22-39(46)48)40(49)45-16-11-31(12-17-45)53-30-9-14-44(15-10-30)25-35-37(51-3)20-28(21-38(35)52-4)34-24-43(2)41(50)33-23-42-13-7-32(33)34/h5-7,13,19-21,23-24,30-31H,8-12,14-18,22,25H2,1-4H3. The van der Waals surface area contributed by atoms with Gasteiger partial charge in [0.1, 0.15) is 17.3 Å². The summed E-state index contributed by atoms with van der Waals surface area (Å²) in [6.45, 7) is 5.92. The van der Waals surface area contributed by atoms with Gasteiger partial charge >= 0.3 is 0 Å². The van der Waals surface area contributed by atoms with E-state index in [0.717, 1.165) is 77.9 Å². The first-order valence-corrected chi connectivity index (χ1v) is 18.4. The molecule has 2 amide bonds. The molecular formula is C41H47N5O7. The third-order valence-corrected chi connectivity index (χ3v) is 10.9. The third-order valence-electron chi connectivity index (χ3n) is 10.9. The highest BCUT2D eigenvalue weighted by Crippen LogP contribution is 2.38. The first-order valence-electron chi connectivity index (χ1n) is 18.4. The normalized spacial score (nSPS) is 17.8. The third kappa shape index (κ3) is 7.56. The monoisotopic (exact) mass is 721 g/mol. The Bertz CT molecular complexity index is 2070. The Morgan fingerprint density at radius 3 is 2.21 bits per heavy atom. The summed E-state index contributed by atoms with van der Waals surface area (Å²) in [7, 11) is 5.08. The molecule has 0 aliphatic carbocycles. The zero-order valence-electron chi connectivity index (χ0n) is 30.9. The molecule has 4 aromatic rings. The lowest BCUT2D eigenvalue weighted by Crippen LogP contribution is -2.44. The van der Waals surface area contributed by atoms with Crippen LogP contribution in [0.25, 0.3) is 21.9 Å². The Kier molecular flexibility index (Phi) is 10.6. The van der Waals surface area contributed by atoms with Crippen molar-refractivity contribution < 1.29 is 28.6 Å². The molecule has 0 saturated carbocycles. The Balaban J connectivity index is 0.939. The van der Waals surface area contributed by atoms with E-state index in [4.69, 9.17) is 14.2 Å². The first-order chi connectivity index (χ1) is 25.6. The molecule has 0 bridgehead atoms. The SMILES string of the molecule is COc1cc(-c2cn(C)c(=O)c3cnccc23)cc(OC)c1CN1CCC(OC2CCN(C(=O)c3ccc(C)c(N4CCC(=O)CC4=O)c3)CC2)CC1. The van der Waals surface area contributed by atoms with Gasteiger partial charge < -0.3 is 28.6 Å². The van der Waals surface area contributed by atoms with Crippen molar-refractivity contribution in [1.29, 1.82) is 0 Å². The van der Waals surface area contributed by atoms with Gasteiger partial charge in [-0.3, -0.25) is 29.1 Å². The Morgan fingerprint density at radius 1 is 0.868 bits per heavy atom. The molecule has 5 heterocycles. The number of ether oxygens (including phenoxy) is 3. The van der Waals surface area contributed by atoms with Crippen LogP contribution in [0.4, 0.5) is 5.69 Å². The number of carbonyl (C=O) groups excluding carboxylic acids is 3. The number of benzene rings is 2. The minimum Gasteiger partial charge on any atom is -0.496 e. The molecule has 0 atom stereocenters. The average Bonchev–Trinajstić information content (AvgIpc) is 3.17. The second-order valence-corrected chi connectivity index (χ2v) is 14.4. The first kappa shape index (κ1) is 36.3. The number of hydrogen-bond donors (Lipinski definition) is 0. The minimum absolute atomic E-state index is 0.0391. The van der Waals surface area contributed by atoms with Gasteiger partial charge in [-0.2, -0.15) is 0 Å². The summed E-state index contributed by atoms with van der Waals surface area (Å²) in [6, 6.07) is 11.4. The summed E-state index contributed by atoms with van der Waals surface area (Å²) in [5.41, 5.74) is 4.85. The number of carbonyl (C=O) groups is 3. The second-order valence-electron chi connectivity index (χ2n) is 14.4. The molecule has 12 heteroatoms. The molecule has 3 fully saturated rings. The van der Waals surface area contributed by atoms with Gasteiger partial charge in [0.25, 0.3) is 11.5 Å². The van der Waals surface area contributed by atoms with Crippen LogP contribution in [-0.4, -0.2) is 96.1 Å². The smallest absolute Gasteiger partial charge is 0.259 e. The number of likely N-dealkylation sites (tertiary alicyclic amines) is 2. The van der Waals surface area contributed by atoms with Gasteiger partial charge in [0, 0.05) is 88.1 Å². The van der Waals surface area contributed by atoms with Crippen LogP contribution in [0, 0.1) is 6.92 Å². The number of aryl methyl sites for hydroxylation is 2. The van der Waals surface area contributed by atoms with Gasteiger partial charge in [0.05, 0.1) is 43.8 Å². The van der Waals surface area contributed by atoms with E-state index >= 15 is 0 Å². The Labute approximate surface area is 309 Å². The molecule has 2 aromatic carbocycles. The fourth-order valence-corrected chi connectivity index (χ4v) is 7.92. The number of aromatic nitrogens is 2. The predicted molar refractivity (Wildman–Crippen MR) is 202 cm³/mol. The number of fused-ring (bicyclic) bond motifs is 1. The lowest BCUT2D eigenvalue weighted by molar-refractivity contribution is -0.128. The maximum absolute atomic E-state index is 13.5. The maximum Gasteiger partial charge on any atom is 0.259 e. The highest BCUT2D eigenvalue weighted by Gasteiger charge is 2.31. The van der Waals surface area contributed by atoms with Crippen molar-refractivity contribution in [3.05, 3.63) is 82.0 Å². The molecule has 7 rings (SSSR count). The van der Waals surface area contributed by atoms with Gasteiger partial charge in [0.15, 0.2) is 0 Å². The summed E-state index contributed by atoms with van der Waals surface area (Å²) in [4.78, 5) is 60.7. The van der Waals surface area contributed by atoms with E-state index in [1.165, 1.54) is 0 Å². The van der Waals surface area contributed by atoms with E-state index in [-0.39, 0.29) is 41.8 Å². The lowest BCUT2D eigenvalue weighted by Gasteiger charge is -2.37. The molecule has 278 valence electrons. The fraction of sp³-hybridized carbons (Fsp3) is 0.439. The second kappa shape index (κ2) is 15.5. The summed E-state index contributed by atoms with van der Waals surface area (Å²) >= 11 is 0. The van der Waals surface area contributed by atoms with Gasteiger partial charge in [-0.05, 0) is 79.5 Å². The molecule has 0 radical (unpaired) electrons. The highest BCUT2D eigenvalue weighted by molar-refractivity contribution is 6.09. The number of anilines is 1.